The first-order valence-corrected chi connectivity index (χ1v) is 5.68. The predicted octanol–water partition coefficient (Wildman–Crippen LogP) is 2.50. The van der Waals surface area contributed by atoms with Gasteiger partial charge in [0, 0.05) is 5.56 Å². The molecular weight excluding hydrogens is 259 g/mol. The van der Waals surface area contributed by atoms with Crippen LogP contribution in [0.2, 0.25) is 5.02 Å². The second-order valence-electron chi connectivity index (χ2n) is 3.70. The second-order valence-corrected chi connectivity index (χ2v) is 4.11. The Bertz CT molecular complexity index is 655. The van der Waals surface area contributed by atoms with Crippen molar-refractivity contribution >= 4 is 11.6 Å². The summed E-state index contributed by atoms with van der Waals surface area (Å²) in [7, 11) is 0. The highest BCUT2D eigenvalue weighted by Crippen LogP contribution is 2.22. The Hall–Kier alpha value is -1.88. The maximum atomic E-state index is 13.3. The topological polar surface area (TPSA) is 66.0 Å². The Labute approximate surface area is 107 Å². The highest BCUT2D eigenvalue weighted by atomic mass is 35.5. The normalized spacial score (nSPS) is 10.6. The molecule has 0 unspecified atom stereocenters. The summed E-state index contributed by atoms with van der Waals surface area (Å²) in [6, 6.07) is 4.01. The van der Waals surface area contributed by atoms with Crippen LogP contribution in [0.4, 0.5) is 4.39 Å². The van der Waals surface area contributed by atoms with Gasteiger partial charge in [0.2, 0.25) is 5.88 Å². The predicted molar refractivity (Wildman–Crippen MR) is 66.3 cm³/mol. The van der Waals surface area contributed by atoms with E-state index in [4.69, 9.17) is 11.6 Å². The molecule has 0 aliphatic heterocycles. The number of aromatic amines is 1. The fourth-order valence-corrected chi connectivity index (χ4v) is 1.70. The van der Waals surface area contributed by atoms with E-state index in [-0.39, 0.29) is 22.3 Å². The van der Waals surface area contributed by atoms with Crippen LogP contribution in [0.15, 0.2) is 23.0 Å². The molecule has 1 aromatic carbocycles. The maximum Gasteiger partial charge on any atom is 0.258 e. The number of halogens is 2. The molecule has 0 fully saturated rings. The van der Waals surface area contributed by atoms with Crippen molar-refractivity contribution in [1.82, 2.24) is 9.97 Å². The molecule has 0 bridgehead atoms. The summed E-state index contributed by atoms with van der Waals surface area (Å²) >= 11 is 5.56. The van der Waals surface area contributed by atoms with Gasteiger partial charge in [-0.25, -0.2) is 4.39 Å². The van der Waals surface area contributed by atoms with Gasteiger partial charge in [-0.05, 0) is 24.6 Å². The standard InChI is InChI=1S/C12H10ClFN2O2/c1-2-7-11(17)15-10(16-12(7)18)6-3-4-8(13)9(14)5-6/h3-5H,2H2,1H3,(H2,15,16,17,18). The zero-order chi connectivity index (χ0) is 13.3. The smallest absolute Gasteiger partial charge is 0.258 e. The maximum absolute atomic E-state index is 13.3. The molecule has 1 aromatic heterocycles. The molecule has 0 amide bonds. The van der Waals surface area contributed by atoms with E-state index in [0.29, 0.717) is 12.0 Å². The third kappa shape index (κ3) is 2.22. The number of nitrogens with zero attached hydrogens (tertiary/aromatic N) is 1. The summed E-state index contributed by atoms with van der Waals surface area (Å²) < 4.78 is 13.3. The van der Waals surface area contributed by atoms with E-state index in [9.17, 15) is 14.3 Å². The van der Waals surface area contributed by atoms with Crippen LogP contribution in [0.25, 0.3) is 11.4 Å². The van der Waals surface area contributed by atoms with Crippen molar-refractivity contribution in [2.45, 2.75) is 13.3 Å². The minimum absolute atomic E-state index is 0.0181. The van der Waals surface area contributed by atoms with Gasteiger partial charge in [-0.3, -0.25) is 4.79 Å². The Morgan fingerprint density at radius 3 is 2.78 bits per heavy atom. The second kappa shape index (κ2) is 4.78. The molecule has 0 aliphatic rings. The third-order valence-electron chi connectivity index (χ3n) is 2.54. The summed E-state index contributed by atoms with van der Waals surface area (Å²) in [6.45, 7) is 1.73. The first kappa shape index (κ1) is 12.6. The number of aromatic hydroxyl groups is 1. The van der Waals surface area contributed by atoms with E-state index >= 15 is 0 Å². The highest BCUT2D eigenvalue weighted by Gasteiger charge is 2.11. The summed E-state index contributed by atoms with van der Waals surface area (Å²) in [5.74, 6) is -0.854. The molecule has 0 aliphatic carbocycles. The van der Waals surface area contributed by atoms with Crippen molar-refractivity contribution in [3.05, 3.63) is 45.0 Å². The lowest BCUT2D eigenvalue weighted by atomic mass is 10.2. The van der Waals surface area contributed by atoms with Gasteiger partial charge < -0.3 is 10.1 Å². The van der Waals surface area contributed by atoms with Crippen LogP contribution in [0, 0.1) is 5.82 Å². The summed E-state index contributed by atoms with van der Waals surface area (Å²) in [5, 5.41) is 9.59. The van der Waals surface area contributed by atoms with Crippen LogP contribution in [0.5, 0.6) is 5.88 Å². The Morgan fingerprint density at radius 2 is 2.22 bits per heavy atom. The number of nitrogens with one attached hydrogen (secondary N) is 1. The number of hydrogen-bond donors (Lipinski definition) is 2. The highest BCUT2D eigenvalue weighted by molar-refractivity contribution is 6.30. The summed E-state index contributed by atoms with van der Waals surface area (Å²) in [4.78, 5) is 18.0. The van der Waals surface area contributed by atoms with Crippen molar-refractivity contribution in [2.75, 3.05) is 0 Å². The molecule has 0 radical (unpaired) electrons. The molecule has 2 aromatic rings. The average Bonchev–Trinajstić information content (AvgIpc) is 2.32. The van der Waals surface area contributed by atoms with Crippen molar-refractivity contribution in [2.24, 2.45) is 0 Å². The van der Waals surface area contributed by atoms with E-state index < -0.39 is 11.4 Å². The number of benzene rings is 1. The van der Waals surface area contributed by atoms with Crippen molar-refractivity contribution in [3.63, 3.8) is 0 Å². The molecule has 6 heteroatoms. The van der Waals surface area contributed by atoms with Gasteiger partial charge in [-0.1, -0.05) is 18.5 Å². The van der Waals surface area contributed by atoms with Gasteiger partial charge in [0.25, 0.3) is 5.56 Å². The summed E-state index contributed by atoms with van der Waals surface area (Å²) in [5.41, 5.74) is 0.107. The monoisotopic (exact) mass is 268 g/mol. The largest absolute Gasteiger partial charge is 0.493 e. The molecule has 1 heterocycles. The van der Waals surface area contributed by atoms with Gasteiger partial charge in [0.1, 0.15) is 11.6 Å². The zero-order valence-corrected chi connectivity index (χ0v) is 10.3. The first-order chi connectivity index (χ1) is 8.52. The van der Waals surface area contributed by atoms with E-state index in [1.54, 1.807) is 6.92 Å². The Balaban J connectivity index is 2.58. The van der Waals surface area contributed by atoms with Crippen LogP contribution in [-0.2, 0) is 6.42 Å². The lowest BCUT2D eigenvalue weighted by Crippen LogP contribution is -2.14. The van der Waals surface area contributed by atoms with Gasteiger partial charge in [0.15, 0.2) is 0 Å². The Kier molecular flexibility index (Phi) is 3.34. The van der Waals surface area contributed by atoms with Crippen LogP contribution in [0.1, 0.15) is 12.5 Å². The van der Waals surface area contributed by atoms with E-state index in [1.807, 2.05) is 0 Å². The van der Waals surface area contributed by atoms with Crippen molar-refractivity contribution in [1.29, 1.82) is 0 Å². The Morgan fingerprint density at radius 1 is 1.50 bits per heavy atom. The molecule has 0 atom stereocenters. The fraction of sp³-hybridized carbons (Fsp3) is 0.167. The lowest BCUT2D eigenvalue weighted by Gasteiger charge is -2.05. The van der Waals surface area contributed by atoms with E-state index in [2.05, 4.69) is 9.97 Å². The number of H-pyrrole nitrogens is 1. The molecule has 4 nitrogen and oxygen atoms in total. The zero-order valence-electron chi connectivity index (χ0n) is 9.50. The van der Waals surface area contributed by atoms with Crippen molar-refractivity contribution in [3.8, 4) is 17.3 Å². The van der Waals surface area contributed by atoms with Gasteiger partial charge >= 0.3 is 0 Å². The average molecular weight is 269 g/mol. The van der Waals surface area contributed by atoms with E-state index in [1.165, 1.54) is 12.1 Å². The van der Waals surface area contributed by atoms with Gasteiger partial charge in [-0.15, -0.1) is 0 Å². The van der Waals surface area contributed by atoms with E-state index in [0.717, 1.165) is 6.07 Å². The number of hydrogen-bond acceptors (Lipinski definition) is 3. The lowest BCUT2D eigenvalue weighted by molar-refractivity contribution is 0.444. The third-order valence-corrected chi connectivity index (χ3v) is 2.85. The number of rotatable bonds is 2. The van der Waals surface area contributed by atoms with Crippen LogP contribution in [-0.4, -0.2) is 15.1 Å². The van der Waals surface area contributed by atoms with Gasteiger partial charge in [0.05, 0.1) is 10.6 Å². The summed E-state index contributed by atoms with van der Waals surface area (Å²) in [6.07, 6.45) is 0.365. The first-order valence-electron chi connectivity index (χ1n) is 5.30. The molecular formula is C12H10ClFN2O2. The molecule has 18 heavy (non-hydrogen) atoms. The molecule has 2 N–H and O–H groups in total. The van der Waals surface area contributed by atoms with Crippen LogP contribution < -0.4 is 5.56 Å². The number of aromatic nitrogens is 2. The molecule has 94 valence electrons. The van der Waals surface area contributed by atoms with Gasteiger partial charge in [-0.2, -0.15) is 4.98 Å². The van der Waals surface area contributed by atoms with Crippen molar-refractivity contribution < 1.29 is 9.50 Å². The SMILES string of the molecule is CCc1c(O)nc(-c2ccc(Cl)c(F)c2)[nH]c1=O. The molecule has 0 saturated heterocycles. The minimum atomic E-state index is -0.615. The van der Waals surface area contributed by atoms with Crippen LogP contribution >= 0.6 is 11.6 Å². The minimum Gasteiger partial charge on any atom is -0.493 e. The molecule has 2 rings (SSSR count). The fourth-order valence-electron chi connectivity index (χ4n) is 1.58. The molecule has 0 spiro atoms. The quantitative estimate of drug-likeness (QED) is 0.879. The molecule has 0 saturated carbocycles. The van der Waals surface area contributed by atoms with Crippen LogP contribution in [0.3, 0.4) is 0 Å².